The first-order valence-corrected chi connectivity index (χ1v) is 8.32. The van der Waals surface area contributed by atoms with Crippen molar-refractivity contribution in [3.8, 4) is 11.5 Å². The van der Waals surface area contributed by atoms with Crippen molar-refractivity contribution >= 4 is 39.7 Å². The van der Waals surface area contributed by atoms with Gasteiger partial charge in [0.25, 0.3) is 0 Å². The van der Waals surface area contributed by atoms with Gasteiger partial charge in [0.05, 0.1) is 19.1 Å². The van der Waals surface area contributed by atoms with Crippen molar-refractivity contribution in [1.82, 2.24) is 9.97 Å². The van der Waals surface area contributed by atoms with E-state index in [9.17, 15) is 24.5 Å². The van der Waals surface area contributed by atoms with E-state index in [0.717, 1.165) is 0 Å². The molecule has 2 aromatic rings. The number of hydrogen-bond donors (Lipinski definition) is 2. The first-order chi connectivity index (χ1) is 13.3. The molecule has 1 aromatic heterocycles. The molecule has 2 rings (SSSR count). The maximum atomic E-state index is 11.6. The smallest absolute Gasteiger partial charge is 0.357 e. The average molecular weight is 456 g/mol. The molecule has 0 aliphatic carbocycles. The van der Waals surface area contributed by atoms with Gasteiger partial charge in [0.1, 0.15) is 5.69 Å². The summed E-state index contributed by atoms with van der Waals surface area (Å²) in [5.41, 5.74) is -2.56. The maximum absolute atomic E-state index is 11.6. The first kappa shape index (κ1) is 20.9. The van der Waals surface area contributed by atoms with Crippen molar-refractivity contribution < 1.29 is 23.9 Å². The number of carbonyl (C=O) groups is 1. The van der Waals surface area contributed by atoms with Gasteiger partial charge in [-0.3, -0.25) is 19.9 Å². The van der Waals surface area contributed by atoms with Gasteiger partial charge in [0.15, 0.2) is 18.1 Å². The van der Waals surface area contributed by atoms with E-state index in [0.29, 0.717) is 10.0 Å². The second-order valence-electron chi connectivity index (χ2n) is 5.15. The van der Waals surface area contributed by atoms with Gasteiger partial charge in [0.2, 0.25) is 0 Å². The van der Waals surface area contributed by atoms with Crippen LogP contribution in [0.3, 0.4) is 0 Å². The third-order valence-corrected chi connectivity index (χ3v) is 4.10. The number of aromatic nitrogens is 2. The van der Waals surface area contributed by atoms with Crippen LogP contribution in [-0.4, -0.2) is 41.7 Å². The minimum absolute atomic E-state index is 0.257. The molecule has 0 spiro atoms. The Kier molecular flexibility index (Phi) is 6.71. The topological polar surface area (TPSA) is 154 Å². The Morgan fingerprint density at radius 3 is 2.54 bits per heavy atom. The molecule has 0 saturated carbocycles. The average Bonchev–Trinajstić information content (AvgIpc) is 2.64. The summed E-state index contributed by atoms with van der Waals surface area (Å²) in [6.45, 7) is -0.325. The van der Waals surface area contributed by atoms with Crippen LogP contribution in [0.2, 0.25) is 0 Å². The molecule has 0 aliphatic heterocycles. The fourth-order valence-corrected chi connectivity index (χ4v) is 2.57. The van der Waals surface area contributed by atoms with E-state index in [-0.39, 0.29) is 23.8 Å². The standard InChI is InChI=1S/C16H14BrN3O8/c1-26-11-5-8(9(17)6-12(11)28-7-13(21)27-2)3-4-10-14(20(24)25)15(22)19-16(23)18-10/h3-6H,7H2,1-2H3,(H2,18,19,22,23). The Morgan fingerprint density at radius 2 is 1.93 bits per heavy atom. The third kappa shape index (κ3) is 4.85. The maximum Gasteiger partial charge on any atom is 0.357 e. The van der Waals surface area contributed by atoms with E-state index >= 15 is 0 Å². The van der Waals surface area contributed by atoms with Crippen molar-refractivity contribution in [3.63, 3.8) is 0 Å². The molecule has 2 N–H and O–H groups in total. The molecular formula is C16H14BrN3O8. The highest BCUT2D eigenvalue weighted by Gasteiger charge is 2.19. The number of hydrogen-bond acceptors (Lipinski definition) is 8. The van der Waals surface area contributed by atoms with Crippen LogP contribution in [0.1, 0.15) is 11.3 Å². The monoisotopic (exact) mass is 455 g/mol. The summed E-state index contributed by atoms with van der Waals surface area (Å²) < 4.78 is 15.5. The lowest BCUT2D eigenvalue weighted by Crippen LogP contribution is -2.25. The summed E-state index contributed by atoms with van der Waals surface area (Å²) >= 11 is 3.31. The van der Waals surface area contributed by atoms with E-state index in [4.69, 9.17) is 9.47 Å². The molecule has 1 aromatic carbocycles. The van der Waals surface area contributed by atoms with E-state index in [1.165, 1.54) is 38.5 Å². The molecule has 0 bridgehead atoms. The van der Waals surface area contributed by atoms with E-state index < -0.39 is 27.8 Å². The number of H-pyrrole nitrogens is 2. The van der Waals surface area contributed by atoms with Gasteiger partial charge in [-0.2, -0.15) is 0 Å². The second-order valence-corrected chi connectivity index (χ2v) is 6.00. The van der Waals surface area contributed by atoms with Gasteiger partial charge in [-0.05, 0) is 23.8 Å². The van der Waals surface area contributed by atoms with Crippen LogP contribution in [0.4, 0.5) is 5.69 Å². The molecule has 12 heteroatoms. The van der Waals surface area contributed by atoms with Gasteiger partial charge in [0, 0.05) is 4.47 Å². The van der Waals surface area contributed by atoms with Gasteiger partial charge in [-0.25, -0.2) is 9.59 Å². The molecule has 0 fully saturated rings. The van der Waals surface area contributed by atoms with Gasteiger partial charge in [-0.15, -0.1) is 0 Å². The summed E-state index contributed by atoms with van der Waals surface area (Å²) in [4.78, 5) is 48.5. The summed E-state index contributed by atoms with van der Waals surface area (Å²) in [6.07, 6.45) is 2.64. The van der Waals surface area contributed by atoms with Gasteiger partial charge >= 0.3 is 22.9 Å². The molecule has 28 heavy (non-hydrogen) atoms. The number of halogens is 1. The number of rotatable bonds is 7. The minimum Gasteiger partial charge on any atom is -0.493 e. The quantitative estimate of drug-likeness (QED) is 0.361. The van der Waals surface area contributed by atoms with E-state index in [2.05, 4.69) is 25.7 Å². The SMILES string of the molecule is COC(=O)COc1cc(Br)c(C=Cc2[nH]c(=O)[nH]c(=O)c2[N+](=O)[O-])cc1OC. The molecule has 0 radical (unpaired) electrons. The van der Waals surface area contributed by atoms with Crippen LogP contribution >= 0.6 is 15.9 Å². The number of esters is 1. The van der Waals surface area contributed by atoms with Crippen LogP contribution in [0, 0.1) is 10.1 Å². The van der Waals surface area contributed by atoms with E-state index in [1.54, 1.807) is 4.98 Å². The molecule has 148 valence electrons. The molecule has 1 heterocycles. The number of nitro groups is 1. The molecule has 0 amide bonds. The minimum atomic E-state index is -1.11. The van der Waals surface area contributed by atoms with Crippen LogP contribution < -0.4 is 20.7 Å². The zero-order chi connectivity index (χ0) is 20.8. The fraction of sp³-hybridized carbons (Fsp3) is 0.188. The predicted octanol–water partition coefficient (Wildman–Crippen LogP) is 1.46. The summed E-state index contributed by atoms with van der Waals surface area (Å²) in [6, 6.07) is 3.06. The summed E-state index contributed by atoms with van der Waals surface area (Å²) in [7, 11) is 2.62. The second kappa shape index (κ2) is 8.99. The molecule has 0 atom stereocenters. The number of nitrogens with one attached hydrogen (secondary N) is 2. The van der Waals surface area contributed by atoms with Crippen molar-refractivity contribution in [2.75, 3.05) is 20.8 Å². The molecule has 0 saturated heterocycles. The Labute approximate surface area is 165 Å². The Bertz CT molecular complexity index is 1060. The normalized spacial score (nSPS) is 10.7. The number of nitrogens with zero attached hydrogens (tertiary/aromatic N) is 1. The zero-order valence-corrected chi connectivity index (χ0v) is 16.2. The third-order valence-electron chi connectivity index (χ3n) is 3.41. The highest BCUT2D eigenvalue weighted by Crippen LogP contribution is 2.34. The van der Waals surface area contributed by atoms with Gasteiger partial charge in [-0.1, -0.05) is 22.0 Å². The number of methoxy groups -OCH3 is 2. The lowest BCUT2D eigenvalue weighted by molar-refractivity contribution is -0.386. The Morgan fingerprint density at radius 1 is 1.21 bits per heavy atom. The van der Waals surface area contributed by atoms with Crippen LogP contribution in [0.5, 0.6) is 11.5 Å². The van der Waals surface area contributed by atoms with Crippen molar-refractivity contribution in [3.05, 3.63) is 58.8 Å². The van der Waals surface area contributed by atoms with Crippen LogP contribution in [-0.2, 0) is 9.53 Å². The van der Waals surface area contributed by atoms with Crippen LogP contribution in [0.15, 0.2) is 26.2 Å². The largest absolute Gasteiger partial charge is 0.493 e. The zero-order valence-electron chi connectivity index (χ0n) is 14.6. The first-order valence-electron chi connectivity index (χ1n) is 7.53. The number of aromatic amines is 2. The summed E-state index contributed by atoms with van der Waals surface area (Å²) in [5.74, 6) is -0.0409. The summed E-state index contributed by atoms with van der Waals surface area (Å²) in [5, 5.41) is 11.1. The highest BCUT2D eigenvalue weighted by molar-refractivity contribution is 9.10. The predicted molar refractivity (Wildman–Crippen MR) is 101 cm³/mol. The van der Waals surface area contributed by atoms with Crippen molar-refractivity contribution in [2.24, 2.45) is 0 Å². The Hall–Kier alpha value is -3.41. The highest BCUT2D eigenvalue weighted by atomic mass is 79.9. The molecular weight excluding hydrogens is 442 g/mol. The molecule has 0 unspecified atom stereocenters. The lowest BCUT2D eigenvalue weighted by Gasteiger charge is -2.12. The Balaban J connectivity index is 2.42. The molecule has 0 aliphatic rings. The van der Waals surface area contributed by atoms with Crippen molar-refractivity contribution in [2.45, 2.75) is 0 Å². The number of carbonyl (C=O) groups excluding carboxylic acids is 1. The fourth-order valence-electron chi connectivity index (χ4n) is 2.12. The van der Waals surface area contributed by atoms with Crippen LogP contribution in [0.25, 0.3) is 12.2 Å². The number of ether oxygens (including phenoxy) is 3. The van der Waals surface area contributed by atoms with Crippen molar-refractivity contribution in [1.29, 1.82) is 0 Å². The lowest BCUT2D eigenvalue weighted by atomic mass is 10.1. The molecule has 11 nitrogen and oxygen atoms in total. The van der Waals surface area contributed by atoms with E-state index in [1.807, 2.05) is 0 Å². The number of benzene rings is 1. The van der Waals surface area contributed by atoms with Gasteiger partial charge < -0.3 is 19.2 Å².